The molecule has 0 unspecified atom stereocenters. The van der Waals surface area contributed by atoms with Gasteiger partial charge in [0.2, 0.25) is 5.91 Å². The van der Waals surface area contributed by atoms with Crippen LogP contribution in [0.2, 0.25) is 0 Å². The maximum Gasteiger partial charge on any atom is 0.264 e. The quantitative estimate of drug-likeness (QED) is 0.815. The maximum atomic E-state index is 13.0. The van der Waals surface area contributed by atoms with Gasteiger partial charge < -0.3 is 9.80 Å². The van der Waals surface area contributed by atoms with Crippen LogP contribution in [0.3, 0.4) is 0 Å². The molecule has 0 atom stereocenters. The fraction of sp³-hybridized carbons (Fsp3) is 0.429. The molecule has 0 bridgehead atoms. The van der Waals surface area contributed by atoms with Crippen molar-refractivity contribution in [3.8, 4) is 11.1 Å². The summed E-state index contributed by atoms with van der Waals surface area (Å²) in [6.45, 7) is 5.16. The topological polar surface area (TPSA) is 43.9 Å². The van der Waals surface area contributed by atoms with Gasteiger partial charge in [0, 0.05) is 44.8 Å². The number of piperazine rings is 1. The van der Waals surface area contributed by atoms with Gasteiger partial charge in [-0.25, -0.2) is 0 Å². The first-order valence-electron chi connectivity index (χ1n) is 9.65. The molecule has 2 amide bonds. The van der Waals surface area contributed by atoms with Crippen molar-refractivity contribution in [2.24, 2.45) is 0 Å². The normalized spacial score (nSPS) is 18.1. The minimum absolute atomic E-state index is 0.106. The number of thiophene rings is 1. The number of carbonyl (C=O) groups is 2. The Kier molecular flexibility index (Phi) is 5.55. The standard InChI is InChI=1S/C21H25N3O2S/c25-19(23-9-4-5-10-23)16-22-11-13-24(14-12-22)21(26)20-18(8-15-27-20)17-6-2-1-3-7-17/h1-3,6-8,15H,4-5,9-14,16H2. The summed E-state index contributed by atoms with van der Waals surface area (Å²) in [5, 5.41) is 1.99. The summed E-state index contributed by atoms with van der Waals surface area (Å²) < 4.78 is 0. The first-order chi connectivity index (χ1) is 13.2. The third-order valence-electron chi connectivity index (χ3n) is 5.42. The van der Waals surface area contributed by atoms with Gasteiger partial charge in [-0.05, 0) is 29.9 Å². The third kappa shape index (κ3) is 4.06. The highest BCUT2D eigenvalue weighted by Gasteiger charge is 2.27. The van der Waals surface area contributed by atoms with Crippen LogP contribution in [0.4, 0.5) is 0 Å². The molecule has 6 heteroatoms. The van der Waals surface area contributed by atoms with Crippen LogP contribution in [0.15, 0.2) is 41.8 Å². The molecule has 0 N–H and O–H groups in total. The van der Waals surface area contributed by atoms with E-state index in [1.54, 1.807) is 0 Å². The van der Waals surface area contributed by atoms with Crippen LogP contribution in [0.1, 0.15) is 22.5 Å². The SMILES string of the molecule is O=C(CN1CCN(C(=O)c2sccc2-c2ccccc2)CC1)N1CCCC1. The summed E-state index contributed by atoms with van der Waals surface area (Å²) in [6, 6.07) is 12.1. The van der Waals surface area contributed by atoms with E-state index in [1.807, 2.05) is 51.6 Å². The number of rotatable bonds is 4. The predicted octanol–water partition coefficient (Wildman–Crippen LogP) is 2.80. The van der Waals surface area contributed by atoms with E-state index in [-0.39, 0.29) is 11.8 Å². The fourth-order valence-corrected chi connectivity index (χ4v) is 4.71. The van der Waals surface area contributed by atoms with Crippen molar-refractivity contribution in [2.45, 2.75) is 12.8 Å². The molecule has 27 heavy (non-hydrogen) atoms. The van der Waals surface area contributed by atoms with Gasteiger partial charge in [-0.2, -0.15) is 0 Å². The van der Waals surface area contributed by atoms with Crippen molar-refractivity contribution in [1.29, 1.82) is 0 Å². The van der Waals surface area contributed by atoms with Crippen LogP contribution in [0.5, 0.6) is 0 Å². The van der Waals surface area contributed by atoms with Crippen LogP contribution < -0.4 is 0 Å². The van der Waals surface area contributed by atoms with Crippen molar-refractivity contribution < 1.29 is 9.59 Å². The lowest BCUT2D eigenvalue weighted by Gasteiger charge is -2.35. The van der Waals surface area contributed by atoms with Gasteiger partial charge in [-0.15, -0.1) is 11.3 Å². The Morgan fingerprint density at radius 3 is 2.26 bits per heavy atom. The van der Waals surface area contributed by atoms with Gasteiger partial charge >= 0.3 is 0 Å². The van der Waals surface area contributed by atoms with Gasteiger partial charge in [0.25, 0.3) is 5.91 Å². The lowest BCUT2D eigenvalue weighted by atomic mass is 10.1. The zero-order valence-corrected chi connectivity index (χ0v) is 16.3. The third-order valence-corrected chi connectivity index (χ3v) is 6.32. The Bertz CT molecular complexity index is 791. The number of hydrogen-bond donors (Lipinski definition) is 0. The number of amides is 2. The molecule has 5 nitrogen and oxygen atoms in total. The Balaban J connectivity index is 1.35. The Morgan fingerprint density at radius 1 is 0.852 bits per heavy atom. The molecule has 0 aliphatic carbocycles. The first kappa shape index (κ1) is 18.2. The van der Waals surface area contributed by atoms with E-state index >= 15 is 0 Å². The number of hydrogen-bond acceptors (Lipinski definition) is 4. The molecule has 142 valence electrons. The maximum absolute atomic E-state index is 13.0. The molecule has 4 rings (SSSR count). The highest BCUT2D eigenvalue weighted by atomic mass is 32.1. The molecule has 2 aliphatic rings. The molecule has 2 aliphatic heterocycles. The van der Waals surface area contributed by atoms with Crippen molar-refractivity contribution in [3.05, 3.63) is 46.7 Å². The summed E-state index contributed by atoms with van der Waals surface area (Å²) in [7, 11) is 0. The van der Waals surface area contributed by atoms with E-state index in [9.17, 15) is 9.59 Å². The van der Waals surface area contributed by atoms with E-state index in [0.717, 1.165) is 55.0 Å². The van der Waals surface area contributed by atoms with Crippen molar-refractivity contribution in [1.82, 2.24) is 14.7 Å². The van der Waals surface area contributed by atoms with E-state index in [0.29, 0.717) is 19.6 Å². The lowest BCUT2D eigenvalue weighted by Crippen LogP contribution is -2.51. The zero-order chi connectivity index (χ0) is 18.6. The van der Waals surface area contributed by atoms with Crippen molar-refractivity contribution >= 4 is 23.2 Å². The number of benzene rings is 1. The minimum atomic E-state index is 0.106. The molecule has 0 spiro atoms. The predicted molar refractivity (Wildman–Crippen MR) is 108 cm³/mol. The van der Waals surface area contributed by atoms with E-state index < -0.39 is 0 Å². The van der Waals surface area contributed by atoms with Gasteiger partial charge in [0.05, 0.1) is 11.4 Å². The second-order valence-corrected chi connectivity index (χ2v) is 8.10. The van der Waals surface area contributed by atoms with Crippen molar-refractivity contribution in [3.63, 3.8) is 0 Å². The molecule has 1 aromatic heterocycles. The molecule has 2 saturated heterocycles. The van der Waals surface area contributed by atoms with E-state index in [1.165, 1.54) is 11.3 Å². The van der Waals surface area contributed by atoms with E-state index in [2.05, 4.69) is 4.90 Å². The second kappa shape index (κ2) is 8.23. The van der Waals surface area contributed by atoms with Crippen LogP contribution in [-0.4, -0.2) is 72.3 Å². The molecule has 0 radical (unpaired) electrons. The Morgan fingerprint density at radius 2 is 1.56 bits per heavy atom. The smallest absolute Gasteiger partial charge is 0.264 e. The summed E-state index contributed by atoms with van der Waals surface area (Å²) in [5.41, 5.74) is 2.09. The van der Waals surface area contributed by atoms with Crippen LogP contribution in [-0.2, 0) is 4.79 Å². The Labute approximate surface area is 164 Å². The molecule has 2 aromatic rings. The molecule has 0 saturated carbocycles. The van der Waals surface area contributed by atoms with Crippen LogP contribution in [0, 0.1) is 0 Å². The summed E-state index contributed by atoms with van der Waals surface area (Å²) in [6.07, 6.45) is 2.25. The highest BCUT2D eigenvalue weighted by Crippen LogP contribution is 2.29. The second-order valence-electron chi connectivity index (χ2n) is 7.19. The van der Waals surface area contributed by atoms with Crippen LogP contribution in [0.25, 0.3) is 11.1 Å². The minimum Gasteiger partial charge on any atom is -0.342 e. The average molecular weight is 384 g/mol. The Hall–Kier alpha value is -2.18. The molecular formula is C21H25N3O2S. The number of nitrogens with zero attached hydrogens (tertiary/aromatic N) is 3. The number of carbonyl (C=O) groups excluding carboxylic acids is 2. The van der Waals surface area contributed by atoms with E-state index in [4.69, 9.17) is 0 Å². The average Bonchev–Trinajstić information content (AvgIpc) is 3.41. The van der Waals surface area contributed by atoms with Crippen molar-refractivity contribution in [2.75, 3.05) is 45.8 Å². The fourth-order valence-electron chi connectivity index (χ4n) is 3.83. The largest absolute Gasteiger partial charge is 0.342 e. The lowest BCUT2D eigenvalue weighted by molar-refractivity contribution is -0.131. The number of likely N-dealkylation sites (tertiary alicyclic amines) is 1. The first-order valence-corrected chi connectivity index (χ1v) is 10.5. The molecule has 3 heterocycles. The highest BCUT2D eigenvalue weighted by molar-refractivity contribution is 7.12. The van der Waals surface area contributed by atoms with Gasteiger partial charge in [-0.1, -0.05) is 30.3 Å². The summed E-state index contributed by atoms with van der Waals surface area (Å²) >= 11 is 1.51. The molecule has 1 aromatic carbocycles. The summed E-state index contributed by atoms with van der Waals surface area (Å²) in [4.78, 5) is 32.2. The van der Waals surface area contributed by atoms with Crippen LogP contribution >= 0.6 is 11.3 Å². The monoisotopic (exact) mass is 383 g/mol. The van der Waals surface area contributed by atoms with Gasteiger partial charge in [0.15, 0.2) is 0 Å². The zero-order valence-electron chi connectivity index (χ0n) is 15.5. The molecule has 2 fully saturated rings. The van der Waals surface area contributed by atoms with Gasteiger partial charge in [-0.3, -0.25) is 14.5 Å². The summed E-state index contributed by atoms with van der Waals surface area (Å²) in [5.74, 6) is 0.339. The van der Waals surface area contributed by atoms with Gasteiger partial charge in [0.1, 0.15) is 0 Å². The molecular weight excluding hydrogens is 358 g/mol.